The zero-order chi connectivity index (χ0) is 17.1. The lowest BCUT2D eigenvalue weighted by atomic mass is 10.1. The molecule has 0 bridgehead atoms. The fraction of sp³-hybridized carbons (Fsp3) is 0.444. The number of rotatable bonds is 5. The Morgan fingerprint density at radius 3 is 2.75 bits per heavy atom. The molecule has 1 saturated heterocycles. The highest BCUT2D eigenvalue weighted by Crippen LogP contribution is 2.20. The van der Waals surface area contributed by atoms with E-state index in [1.807, 2.05) is 38.1 Å². The van der Waals surface area contributed by atoms with Gasteiger partial charge in [-0.2, -0.15) is 5.10 Å². The summed E-state index contributed by atoms with van der Waals surface area (Å²) in [6.07, 6.45) is 2.20. The third-order valence-corrected chi connectivity index (χ3v) is 4.35. The molecule has 3 rings (SSSR count). The number of carbonyl (C=O) groups is 1. The molecule has 128 valence electrons. The van der Waals surface area contributed by atoms with E-state index in [-0.39, 0.29) is 12.0 Å². The molecule has 1 aromatic heterocycles. The van der Waals surface area contributed by atoms with E-state index in [1.165, 1.54) is 0 Å². The van der Waals surface area contributed by atoms with Gasteiger partial charge in [0, 0.05) is 13.2 Å². The van der Waals surface area contributed by atoms with Crippen molar-refractivity contribution in [3.05, 3.63) is 41.2 Å². The van der Waals surface area contributed by atoms with Gasteiger partial charge in [-0.15, -0.1) is 0 Å². The van der Waals surface area contributed by atoms with Crippen molar-refractivity contribution in [2.45, 2.75) is 32.8 Å². The third kappa shape index (κ3) is 3.28. The first-order valence-corrected chi connectivity index (χ1v) is 8.20. The van der Waals surface area contributed by atoms with Gasteiger partial charge in [0.2, 0.25) is 0 Å². The molecular weight excluding hydrogens is 306 g/mol. The summed E-state index contributed by atoms with van der Waals surface area (Å²) in [5, 5.41) is 7.49. The molecule has 0 aliphatic carbocycles. The van der Waals surface area contributed by atoms with Crippen LogP contribution in [-0.2, 0) is 4.74 Å². The van der Waals surface area contributed by atoms with Crippen LogP contribution in [0.3, 0.4) is 0 Å². The van der Waals surface area contributed by atoms with E-state index in [9.17, 15) is 4.79 Å². The molecule has 1 amide bonds. The Morgan fingerprint density at radius 2 is 2.12 bits per heavy atom. The van der Waals surface area contributed by atoms with E-state index >= 15 is 0 Å². The lowest BCUT2D eigenvalue weighted by Gasteiger charge is -2.11. The largest absolute Gasteiger partial charge is 0.497 e. The average molecular weight is 329 g/mol. The monoisotopic (exact) mass is 329 g/mol. The predicted molar refractivity (Wildman–Crippen MR) is 90.9 cm³/mol. The molecule has 1 aromatic carbocycles. The van der Waals surface area contributed by atoms with Crippen molar-refractivity contribution < 1.29 is 14.3 Å². The number of ether oxygens (including phenoxy) is 2. The number of methoxy groups -OCH3 is 1. The maximum atomic E-state index is 12.5. The molecular formula is C18H23N3O3. The quantitative estimate of drug-likeness (QED) is 0.915. The van der Waals surface area contributed by atoms with Crippen LogP contribution in [0.25, 0.3) is 5.69 Å². The van der Waals surface area contributed by atoms with Crippen molar-refractivity contribution in [2.24, 2.45) is 0 Å². The summed E-state index contributed by atoms with van der Waals surface area (Å²) in [6, 6.07) is 7.60. The first kappa shape index (κ1) is 16.5. The van der Waals surface area contributed by atoms with Crippen LogP contribution in [0.2, 0.25) is 0 Å². The van der Waals surface area contributed by atoms with Crippen molar-refractivity contribution in [3.63, 3.8) is 0 Å². The molecule has 1 N–H and O–H groups in total. The second kappa shape index (κ2) is 7.05. The molecule has 6 heteroatoms. The number of aryl methyl sites for hydroxylation is 1. The molecule has 6 nitrogen and oxygen atoms in total. The summed E-state index contributed by atoms with van der Waals surface area (Å²) in [7, 11) is 1.63. The van der Waals surface area contributed by atoms with Gasteiger partial charge in [-0.25, -0.2) is 4.68 Å². The van der Waals surface area contributed by atoms with Crippen LogP contribution in [-0.4, -0.2) is 42.1 Å². The molecule has 24 heavy (non-hydrogen) atoms. The topological polar surface area (TPSA) is 65.4 Å². The van der Waals surface area contributed by atoms with Gasteiger partial charge >= 0.3 is 0 Å². The molecule has 0 spiro atoms. The molecule has 1 aliphatic heterocycles. The molecule has 0 saturated carbocycles. The number of hydrogen-bond donors (Lipinski definition) is 1. The Bertz CT molecular complexity index is 716. The van der Waals surface area contributed by atoms with Crippen LogP contribution in [0.1, 0.15) is 34.6 Å². The summed E-state index contributed by atoms with van der Waals surface area (Å²) in [5.74, 6) is 0.690. The van der Waals surface area contributed by atoms with Gasteiger partial charge in [0.15, 0.2) is 0 Å². The minimum Gasteiger partial charge on any atom is -0.497 e. The van der Waals surface area contributed by atoms with Gasteiger partial charge in [-0.3, -0.25) is 4.79 Å². The predicted octanol–water partition coefficient (Wildman–Crippen LogP) is 2.41. The van der Waals surface area contributed by atoms with Gasteiger partial charge < -0.3 is 14.8 Å². The molecule has 2 aromatic rings. The Kier molecular flexibility index (Phi) is 4.85. The Balaban J connectivity index is 1.78. The van der Waals surface area contributed by atoms with E-state index in [2.05, 4.69) is 10.4 Å². The second-order valence-electron chi connectivity index (χ2n) is 6.00. The Labute approximate surface area is 141 Å². The molecule has 1 atom stereocenters. The van der Waals surface area contributed by atoms with E-state index in [1.54, 1.807) is 11.8 Å². The van der Waals surface area contributed by atoms with Crippen molar-refractivity contribution in [1.29, 1.82) is 0 Å². The van der Waals surface area contributed by atoms with Crippen molar-refractivity contribution in [2.75, 3.05) is 20.3 Å². The van der Waals surface area contributed by atoms with Crippen LogP contribution in [0, 0.1) is 13.8 Å². The van der Waals surface area contributed by atoms with Gasteiger partial charge in [0.25, 0.3) is 5.91 Å². The number of aromatic nitrogens is 2. The number of nitrogens with one attached hydrogen (secondary N) is 1. The number of carbonyl (C=O) groups excluding carboxylic acids is 1. The average Bonchev–Trinajstić information content (AvgIpc) is 3.21. The van der Waals surface area contributed by atoms with Crippen LogP contribution in [0.5, 0.6) is 5.75 Å². The highest BCUT2D eigenvalue weighted by molar-refractivity contribution is 5.96. The maximum absolute atomic E-state index is 12.5. The number of hydrogen-bond acceptors (Lipinski definition) is 4. The number of benzene rings is 1. The van der Waals surface area contributed by atoms with E-state index in [0.717, 1.165) is 36.6 Å². The molecule has 1 fully saturated rings. The van der Waals surface area contributed by atoms with Gasteiger partial charge in [0.05, 0.1) is 35.9 Å². The van der Waals surface area contributed by atoms with Crippen LogP contribution >= 0.6 is 0 Å². The van der Waals surface area contributed by atoms with Crippen LogP contribution < -0.4 is 10.1 Å². The second-order valence-corrected chi connectivity index (χ2v) is 6.00. The van der Waals surface area contributed by atoms with Crippen molar-refractivity contribution in [3.8, 4) is 11.4 Å². The van der Waals surface area contributed by atoms with Gasteiger partial charge in [0.1, 0.15) is 5.75 Å². The van der Waals surface area contributed by atoms with Gasteiger partial charge in [-0.1, -0.05) is 0 Å². The normalized spacial score (nSPS) is 17.0. The lowest BCUT2D eigenvalue weighted by Crippen LogP contribution is -2.32. The van der Waals surface area contributed by atoms with E-state index in [0.29, 0.717) is 17.8 Å². The summed E-state index contributed by atoms with van der Waals surface area (Å²) in [5.41, 5.74) is 3.06. The van der Waals surface area contributed by atoms with Crippen LogP contribution in [0.4, 0.5) is 0 Å². The Morgan fingerprint density at radius 1 is 1.38 bits per heavy atom. The molecule has 1 aliphatic rings. The molecule has 1 unspecified atom stereocenters. The molecule has 0 radical (unpaired) electrons. The third-order valence-electron chi connectivity index (χ3n) is 4.35. The van der Waals surface area contributed by atoms with E-state index in [4.69, 9.17) is 9.47 Å². The maximum Gasteiger partial charge on any atom is 0.255 e. The SMILES string of the molecule is COc1ccc(-n2nc(C)c(C(=O)NCC3CCCO3)c2C)cc1. The number of amides is 1. The highest BCUT2D eigenvalue weighted by Gasteiger charge is 2.21. The summed E-state index contributed by atoms with van der Waals surface area (Å²) >= 11 is 0. The zero-order valence-electron chi connectivity index (χ0n) is 14.3. The fourth-order valence-electron chi connectivity index (χ4n) is 3.05. The molecule has 2 heterocycles. The smallest absolute Gasteiger partial charge is 0.255 e. The first-order chi connectivity index (χ1) is 11.6. The number of nitrogens with zero attached hydrogens (tertiary/aromatic N) is 2. The fourth-order valence-corrected chi connectivity index (χ4v) is 3.05. The standard InChI is InChI=1S/C18H23N3O3/c1-12-17(18(22)19-11-16-5-4-10-24-16)13(2)21(20-12)14-6-8-15(23-3)9-7-14/h6-9,16H,4-5,10-11H2,1-3H3,(H,19,22). The van der Waals surface area contributed by atoms with Crippen molar-refractivity contribution >= 4 is 5.91 Å². The Hall–Kier alpha value is -2.34. The summed E-state index contributed by atoms with van der Waals surface area (Å²) < 4.78 is 12.5. The summed E-state index contributed by atoms with van der Waals surface area (Å²) in [6.45, 7) is 5.10. The van der Waals surface area contributed by atoms with Crippen molar-refractivity contribution in [1.82, 2.24) is 15.1 Å². The van der Waals surface area contributed by atoms with Gasteiger partial charge in [-0.05, 0) is 51.0 Å². The summed E-state index contributed by atoms with van der Waals surface area (Å²) in [4.78, 5) is 12.5. The lowest BCUT2D eigenvalue weighted by molar-refractivity contribution is 0.0856. The van der Waals surface area contributed by atoms with Crippen LogP contribution in [0.15, 0.2) is 24.3 Å². The highest BCUT2D eigenvalue weighted by atomic mass is 16.5. The zero-order valence-corrected chi connectivity index (χ0v) is 14.3. The van der Waals surface area contributed by atoms with E-state index < -0.39 is 0 Å². The minimum atomic E-state index is -0.0970. The minimum absolute atomic E-state index is 0.0970. The first-order valence-electron chi connectivity index (χ1n) is 8.20.